The van der Waals surface area contributed by atoms with Gasteiger partial charge in [-0.2, -0.15) is 0 Å². The Hall–Kier alpha value is -3.51. The standard InChI is InChI=1S/C23H18ClNO5/c1-2-14-5-10-18-17(12-14)21(27)23(22(30-18)19-4-3-11-28-19)29-13-20(26)25-16-8-6-15(24)7-9-16/h3-12H,2,13H2,1H3,(H,25,26). The van der Waals surface area contributed by atoms with Gasteiger partial charge in [0.2, 0.25) is 16.9 Å². The molecule has 0 radical (unpaired) electrons. The normalized spacial score (nSPS) is 10.9. The fourth-order valence-electron chi connectivity index (χ4n) is 3.01. The summed E-state index contributed by atoms with van der Waals surface area (Å²) in [7, 11) is 0. The lowest BCUT2D eigenvalue weighted by molar-refractivity contribution is -0.118. The molecule has 0 saturated carbocycles. The number of anilines is 1. The third kappa shape index (κ3) is 4.09. The van der Waals surface area contributed by atoms with Gasteiger partial charge in [-0.05, 0) is 60.5 Å². The van der Waals surface area contributed by atoms with E-state index in [1.807, 2.05) is 13.0 Å². The van der Waals surface area contributed by atoms with Crippen LogP contribution in [0.2, 0.25) is 5.02 Å². The molecule has 0 saturated heterocycles. The van der Waals surface area contributed by atoms with Crippen molar-refractivity contribution in [1.29, 1.82) is 0 Å². The van der Waals surface area contributed by atoms with Crippen molar-refractivity contribution in [3.63, 3.8) is 0 Å². The van der Waals surface area contributed by atoms with E-state index in [0.29, 0.717) is 27.4 Å². The number of hydrogen-bond donors (Lipinski definition) is 1. The van der Waals surface area contributed by atoms with Crippen LogP contribution in [0.3, 0.4) is 0 Å². The number of amides is 1. The van der Waals surface area contributed by atoms with Gasteiger partial charge in [-0.25, -0.2) is 0 Å². The Morgan fingerprint density at radius 1 is 1.13 bits per heavy atom. The first-order chi connectivity index (χ1) is 14.5. The molecule has 0 atom stereocenters. The van der Waals surface area contributed by atoms with Gasteiger partial charge >= 0.3 is 0 Å². The summed E-state index contributed by atoms with van der Waals surface area (Å²) < 4.78 is 16.9. The second-order valence-corrected chi connectivity index (χ2v) is 7.03. The number of aryl methyl sites for hydroxylation is 1. The maximum Gasteiger partial charge on any atom is 0.262 e. The zero-order chi connectivity index (χ0) is 21.1. The first-order valence-electron chi connectivity index (χ1n) is 9.37. The van der Waals surface area contributed by atoms with Gasteiger partial charge in [-0.15, -0.1) is 0 Å². The van der Waals surface area contributed by atoms with E-state index >= 15 is 0 Å². The first-order valence-corrected chi connectivity index (χ1v) is 9.75. The average molecular weight is 424 g/mol. The van der Waals surface area contributed by atoms with E-state index in [0.717, 1.165) is 12.0 Å². The van der Waals surface area contributed by atoms with Gasteiger partial charge in [0.15, 0.2) is 12.4 Å². The number of benzene rings is 2. The summed E-state index contributed by atoms with van der Waals surface area (Å²) in [6.45, 7) is 1.62. The largest absolute Gasteiger partial charge is 0.476 e. The molecule has 2 aromatic heterocycles. The molecule has 1 amide bonds. The molecule has 7 heteroatoms. The van der Waals surface area contributed by atoms with Crippen LogP contribution in [0.1, 0.15) is 12.5 Å². The van der Waals surface area contributed by atoms with Gasteiger partial charge < -0.3 is 18.9 Å². The third-order valence-corrected chi connectivity index (χ3v) is 4.79. The molecule has 0 fully saturated rings. The lowest BCUT2D eigenvalue weighted by Gasteiger charge is -2.11. The van der Waals surface area contributed by atoms with Crippen LogP contribution in [-0.4, -0.2) is 12.5 Å². The van der Waals surface area contributed by atoms with E-state index in [1.54, 1.807) is 48.5 Å². The second kappa shape index (κ2) is 8.47. The molecule has 0 bridgehead atoms. The topological polar surface area (TPSA) is 81.7 Å². The summed E-state index contributed by atoms with van der Waals surface area (Å²) in [5.41, 5.74) is 1.61. The van der Waals surface area contributed by atoms with E-state index in [2.05, 4.69) is 5.32 Å². The van der Waals surface area contributed by atoms with E-state index < -0.39 is 5.91 Å². The van der Waals surface area contributed by atoms with E-state index in [-0.39, 0.29) is 23.5 Å². The van der Waals surface area contributed by atoms with Gasteiger partial charge in [-0.3, -0.25) is 9.59 Å². The summed E-state index contributed by atoms with van der Waals surface area (Å²) >= 11 is 5.85. The Morgan fingerprint density at radius 3 is 2.63 bits per heavy atom. The number of carbonyl (C=O) groups excluding carboxylic acids is 1. The molecule has 0 unspecified atom stereocenters. The summed E-state index contributed by atoms with van der Waals surface area (Å²) in [5, 5.41) is 3.64. The minimum atomic E-state index is -0.426. The molecule has 0 spiro atoms. The predicted molar refractivity (Wildman–Crippen MR) is 115 cm³/mol. The number of ether oxygens (including phenoxy) is 1. The van der Waals surface area contributed by atoms with Crippen molar-refractivity contribution in [2.45, 2.75) is 13.3 Å². The number of furan rings is 1. The van der Waals surface area contributed by atoms with Crippen molar-refractivity contribution >= 4 is 34.2 Å². The summed E-state index contributed by atoms with van der Waals surface area (Å²) in [4.78, 5) is 25.5. The summed E-state index contributed by atoms with van der Waals surface area (Å²) in [6.07, 6.45) is 2.24. The molecule has 2 heterocycles. The molecule has 1 N–H and O–H groups in total. The van der Waals surface area contributed by atoms with E-state index in [4.69, 9.17) is 25.2 Å². The van der Waals surface area contributed by atoms with Crippen molar-refractivity contribution in [1.82, 2.24) is 0 Å². The number of carbonyl (C=O) groups is 1. The van der Waals surface area contributed by atoms with Crippen LogP contribution in [0.4, 0.5) is 5.69 Å². The van der Waals surface area contributed by atoms with Crippen LogP contribution < -0.4 is 15.5 Å². The first kappa shape index (κ1) is 19.8. The van der Waals surface area contributed by atoms with Crippen LogP contribution >= 0.6 is 11.6 Å². The van der Waals surface area contributed by atoms with Gasteiger partial charge in [0.25, 0.3) is 5.91 Å². The minimum absolute atomic E-state index is 0.0723. The SMILES string of the molecule is CCc1ccc2oc(-c3ccco3)c(OCC(=O)Nc3ccc(Cl)cc3)c(=O)c2c1. The van der Waals surface area contributed by atoms with E-state index in [1.165, 1.54) is 6.26 Å². The van der Waals surface area contributed by atoms with Crippen molar-refractivity contribution in [2.24, 2.45) is 0 Å². The lowest BCUT2D eigenvalue weighted by atomic mass is 10.1. The Labute approximate surface area is 177 Å². The molecular weight excluding hydrogens is 406 g/mol. The average Bonchev–Trinajstić information content (AvgIpc) is 3.29. The summed E-state index contributed by atoms with van der Waals surface area (Å²) in [5.74, 6) is -0.0239. The van der Waals surface area contributed by atoms with E-state index in [9.17, 15) is 9.59 Å². The van der Waals surface area contributed by atoms with Crippen LogP contribution in [0, 0.1) is 0 Å². The highest BCUT2D eigenvalue weighted by molar-refractivity contribution is 6.30. The molecule has 4 rings (SSSR count). The molecule has 0 aliphatic heterocycles. The van der Waals surface area contributed by atoms with Crippen LogP contribution in [0.5, 0.6) is 5.75 Å². The highest BCUT2D eigenvalue weighted by Gasteiger charge is 2.21. The molecule has 152 valence electrons. The van der Waals surface area contributed by atoms with Gasteiger partial charge in [0.05, 0.1) is 11.6 Å². The predicted octanol–water partition coefficient (Wildman–Crippen LogP) is 5.29. The fourth-order valence-corrected chi connectivity index (χ4v) is 3.14. The number of nitrogens with one attached hydrogen (secondary N) is 1. The van der Waals surface area contributed by atoms with Crippen molar-refractivity contribution in [2.75, 3.05) is 11.9 Å². The molecule has 30 heavy (non-hydrogen) atoms. The number of halogens is 1. The monoisotopic (exact) mass is 423 g/mol. The Kier molecular flexibility index (Phi) is 5.59. The molecule has 0 aliphatic rings. The third-order valence-electron chi connectivity index (χ3n) is 4.54. The number of hydrogen-bond acceptors (Lipinski definition) is 5. The number of rotatable bonds is 6. The van der Waals surface area contributed by atoms with Gasteiger partial charge in [-0.1, -0.05) is 24.6 Å². The Balaban J connectivity index is 1.66. The highest BCUT2D eigenvalue weighted by atomic mass is 35.5. The van der Waals surface area contributed by atoms with Gasteiger partial charge in [0.1, 0.15) is 5.58 Å². The quantitative estimate of drug-likeness (QED) is 0.456. The fraction of sp³-hybridized carbons (Fsp3) is 0.130. The zero-order valence-electron chi connectivity index (χ0n) is 16.1. The van der Waals surface area contributed by atoms with Crippen molar-refractivity contribution in [3.05, 3.63) is 81.7 Å². The molecule has 6 nitrogen and oxygen atoms in total. The van der Waals surface area contributed by atoms with Crippen LogP contribution in [-0.2, 0) is 11.2 Å². The molecule has 4 aromatic rings. The zero-order valence-corrected chi connectivity index (χ0v) is 16.9. The smallest absolute Gasteiger partial charge is 0.262 e. The van der Waals surface area contributed by atoms with Crippen molar-refractivity contribution < 1.29 is 18.4 Å². The molecule has 0 aliphatic carbocycles. The number of fused-ring (bicyclic) bond motifs is 1. The molecular formula is C23H18ClNO5. The highest BCUT2D eigenvalue weighted by Crippen LogP contribution is 2.31. The second-order valence-electron chi connectivity index (χ2n) is 6.59. The van der Waals surface area contributed by atoms with Gasteiger partial charge in [0, 0.05) is 10.7 Å². The Morgan fingerprint density at radius 2 is 1.93 bits per heavy atom. The lowest BCUT2D eigenvalue weighted by Crippen LogP contribution is -2.22. The summed E-state index contributed by atoms with van der Waals surface area (Å²) in [6, 6.07) is 15.4. The maximum absolute atomic E-state index is 13.1. The van der Waals surface area contributed by atoms with Crippen LogP contribution in [0.25, 0.3) is 22.5 Å². The van der Waals surface area contributed by atoms with Crippen molar-refractivity contribution in [3.8, 4) is 17.3 Å². The molecule has 2 aromatic carbocycles. The van der Waals surface area contributed by atoms with Crippen LogP contribution in [0.15, 0.2) is 74.5 Å². The maximum atomic E-state index is 13.1. The Bertz CT molecular complexity index is 1240. The minimum Gasteiger partial charge on any atom is -0.476 e.